The van der Waals surface area contributed by atoms with Crippen molar-refractivity contribution in [2.45, 2.75) is 149 Å². The van der Waals surface area contributed by atoms with E-state index >= 15 is 0 Å². The van der Waals surface area contributed by atoms with E-state index in [1.54, 1.807) is 5.57 Å². The summed E-state index contributed by atoms with van der Waals surface area (Å²) in [4.78, 5) is 11.1. The number of allylic oxidation sites excluding steroid dienone is 4. The van der Waals surface area contributed by atoms with Gasteiger partial charge in [0.15, 0.2) is 16.6 Å². The van der Waals surface area contributed by atoms with E-state index in [-0.39, 0.29) is 16.2 Å². The van der Waals surface area contributed by atoms with Crippen molar-refractivity contribution in [1.29, 1.82) is 0 Å². The molecule has 0 aromatic rings. The Morgan fingerprint density at radius 3 is 2.28 bits per heavy atom. The second-order valence-electron chi connectivity index (χ2n) is 16.3. The van der Waals surface area contributed by atoms with Crippen LogP contribution in [0.1, 0.15) is 106 Å². The van der Waals surface area contributed by atoms with Crippen molar-refractivity contribution in [3.05, 3.63) is 47.6 Å². The third kappa shape index (κ3) is 6.87. The van der Waals surface area contributed by atoms with Gasteiger partial charge in [-0.15, -0.1) is 0 Å². The zero-order chi connectivity index (χ0) is 29.6. The van der Waals surface area contributed by atoms with E-state index in [0.29, 0.717) is 23.2 Å². The van der Waals surface area contributed by atoms with E-state index in [2.05, 4.69) is 100.0 Å². The summed E-state index contributed by atoms with van der Waals surface area (Å²) in [6, 6.07) is 0. The Hall–Kier alpha value is -0.686. The van der Waals surface area contributed by atoms with E-state index in [1.807, 2.05) is 0 Å². The second kappa shape index (κ2) is 11.5. The Labute approximate surface area is 244 Å². The molecule has 0 radical (unpaired) electrons. The fourth-order valence-electron chi connectivity index (χ4n) is 7.40. The lowest BCUT2D eigenvalue weighted by Gasteiger charge is -2.45. The number of rotatable bonds is 8. The third-order valence-electron chi connectivity index (χ3n) is 12.0. The molecule has 5 atom stereocenters. The maximum absolute atomic E-state index is 11.1. The van der Waals surface area contributed by atoms with E-state index in [9.17, 15) is 4.80 Å². The molecule has 3 saturated carbocycles. The fourth-order valence-corrected chi connectivity index (χ4v) is 9.45. The van der Waals surface area contributed by atoms with E-state index in [1.165, 1.54) is 48.8 Å². The lowest BCUT2D eigenvalue weighted by molar-refractivity contribution is 0.154. The van der Waals surface area contributed by atoms with Crippen LogP contribution in [0.4, 0.5) is 0 Å². The predicted molar refractivity (Wildman–Crippen MR) is 176 cm³/mol. The van der Waals surface area contributed by atoms with Crippen LogP contribution in [0.5, 0.6) is 0 Å². The molecule has 0 aliphatic heterocycles. The SMILES string of the molecule is C=C(CC)C1CCC2/C(=C/C=C3\C[C@@H](CC(C)(C)[Si](C)(C)O)C(=C)[C@H](O[Si](C)(C)C(C)(C)C)C3)CCC[C@]12C. The molecule has 4 heteroatoms. The summed E-state index contributed by atoms with van der Waals surface area (Å²) >= 11 is 0. The molecule has 222 valence electrons. The summed E-state index contributed by atoms with van der Waals surface area (Å²) in [6.45, 7) is 34.4. The first-order valence-corrected chi connectivity index (χ1v) is 21.7. The second-order valence-corrected chi connectivity index (χ2v) is 25.5. The summed E-state index contributed by atoms with van der Waals surface area (Å²) in [5.74, 6) is 1.74. The van der Waals surface area contributed by atoms with E-state index in [4.69, 9.17) is 4.43 Å². The van der Waals surface area contributed by atoms with Crippen LogP contribution in [-0.4, -0.2) is 27.5 Å². The van der Waals surface area contributed by atoms with Crippen molar-refractivity contribution in [3.8, 4) is 0 Å². The Morgan fingerprint density at radius 2 is 1.72 bits per heavy atom. The van der Waals surface area contributed by atoms with Gasteiger partial charge in [-0.3, -0.25) is 0 Å². The average Bonchev–Trinajstić information content (AvgIpc) is 3.15. The van der Waals surface area contributed by atoms with Crippen molar-refractivity contribution in [2.24, 2.45) is 23.2 Å². The molecule has 0 bridgehead atoms. The number of hydrogen-bond acceptors (Lipinski definition) is 2. The molecule has 0 aromatic heterocycles. The summed E-state index contributed by atoms with van der Waals surface area (Å²) in [5.41, 5.74) is 6.30. The summed E-state index contributed by atoms with van der Waals surface area (Å²) in [7, 11) is -4.26. The Bertz CT molecular complexity index is 945. The predicted octanol–water partition coefficient (Wildman–Crippen LogP) is 10.7. The van der Waals surface area contributed by atoms with Crippen LogP contribution >= 0.6 is 0 Å². The molecular formula is C35H62O2Si2. The molecule has 0 amide bonds. The first-order valence-electron chi connectivity index (χ1n) is 15.9. The molecule has 0 aromatic carbocycles. The van der Waals surface area contributed by atoms with Crippen molar-refractivity contribution >= 4 is 16.6 Å². The van der Waals surface area contributed by atoms with Crippen molar-refractivity contribution in [3.63, 3.8) is 0 Å². The quantitative estimate of drug-likeness (QED) is 0.232. The Kier molecular flexibility index (Phi) is 9.71. The van der Waals surface area contributed by atoms with Crippen molar-refractivity contribution < 1.29 is 9.22 Å². The van der Waals surface area contributed by atoms with Crippen molar-refractivity contribution in [2.75, 3.05) is 0 Å². The minimum Gasteiger partial charge on any atom is -0.432 e. The normalized spacial score (nSPS) is 33.1. The fraction of sp³-hybridized carbons (Fsp3) is 0.771. The zero-order valence-electron chi connectivity index (χ0n) is 27.6. The van der Waals surface area contributed by atoms with Crippen LogP contribution < -0.4 is 0 Å². The van der Waals surface area contributed by atoms with Gasteiger partial charge in [0.2, 0.25) is 0 Å². The van der Waals surface area contributed by atoms with Gasteiger partial charge in [-0.25, -0.2) is 0 Å². The van der Waals surface area contributed by atoms with Crippen LogP contribution in [0.2, 0.25) is 36.3 Å². The molecule has 39 heavy (non-hydrogen) atoms. The molecule has 3 fully saturated rings. The summed E-state index contributed by atoms with van der Waals surface area (Å²) in [5, 5.41) is 0.0914. The van der Waals surface area contributed by atoms with Gasteiger partial charge in [0.05, 0.1) is 6.10 Å². The highest BCUT2D eigenvalue weighted by atomic mass is 28.4. The largest absolute Gasteiger partial charge is 0.432 e. The topological polar surface area (TPSA) is 29.5 Å². The Morgan fingerprint density at radius 1 is 1.08 bits per heavy atom. The first-order chi connectivity index (χ1) is 17.7. The summed E-state index contributed by atoms with van der Waals surface area (Å²) < 4.78 is 7.06. The Balaban J connectivity index is 1.92. The van der Waals surface area contributed by atoms with Crippen molar-refractivity contribution in [1.82, 2.24) is 0 Å². The van der Waals surface area contributed by atoms with Gasteiger partial charge in [-0.2, -0.15) is 0 Å². The molecule has 0 saturated heterocycles. The molecule has 2 nitrogen and oxygen atoms in total. The van der Waals surface area contributed by atoms with Gasteiger partial charge in [-0.1, -0.05) is 90.5 Å². The van der Waals surface area contributed by atoms with E-state index in [0.717, 1.165) is 25.7 Å². The average molecular weight is 571 g/mol. The van der Waals surface area contributed by atoms with E-state index < -0.39 is 16.6 Å². The lowest BCUT2D eigenvalue weighted by Crippen LogP contribution is -2.46. The highest BCUT2D eigenvalue weighted by Crippen LogP contribution is 2.59. The molecular weight excluding hydrogens is 509 g/mol. The monoisotopic (exact) mass is 570 g/mol. The van der Waals surface area contributed by atoms with Gasteiger partial charge in [0, 0.05) is 0 Å². The molecule has 2 unspecified atom stereocenters. The molecule has 3 rings (SSSR count). The highest BCUT2D eigenvalue weighted by molar-refractivity contribution is 6.74. The molecule has 1 N–H and O–H groups in total. The standard InChI is InChI=1S/C35H62O2Si2/c1-14-25(2)30-19-20-31-28(16-15-21-35(30,31)9)18-17-27-22-29(24-34(7,8)38(10,11)36)26(3)32(23-27)37-39(12,13)33(4,5)6/h17-18,29-32,36H,2-3,14-16,19-24H2,1,4-13H3/b27-17+,28-18+/t29-,30?,31?,32+,35+/m0/s1. The van der Waals surface area contributed by atoms with Gasteiger partial charge in [-0.05, 0) is 123 Å². The van der Waals surface area contributed by atoms with Crippen LogP contribution in [-0.2, 0) is 4.43 Å². The molecule has 3 aliphatic rings. The van der Waals surface area contributed by atoms with Gasteiger partial charge < -0.3 is 9.22 Å². The molecule has 0 spiro atoms. The lowest BCUT2D eigenvalue weighted by atomic mass is 9.62. The molecule has 3 aliphatic carbocycles. The zero-order valence-corrected chi connectivity index (χ0v) is 29.6. The van der Waals surface area contributed by atoms with Gasteiger partial charge in [0.1, 0.15) is 0 Å². The summed E-state index contributed by atoms with van der Waals surface area (Å²) in [6.07, 6.45) is 15.7. The van der Waals surface area contributed by atoms with Crippen LogP contribution in [0.25, 0.3) is 0 Å². The van der Waals surface area contributed by atoms with Crippen LogP contribution in [0.15, 0.2) is 47.6 Å². The van der Waals surface area contributed by atoms with Crippen LogP contribution in [0, 0.1) is 23.2 Å². The minimum absolute atomic E-state index is 0.0746. The minimum atomic E-state index is -2.32. The smallest absolute Gasteiger partial charge is 0.192 e. The van der Waals surface area contributed by atoms with Gasteiger partial charge in [0.25, 0.3) is 0 Å². The maximum atomic E-state index is 11.1. The third-order valence-corrected chi connectivity index (χ3v) is 20.0. The highest BCUT2D eigenvalue weighted by Gasteiger charge is 2.50. The number of hydrogen-bond donors (Lipinski definition) is 1. The first kappa shape index (κ1) is 32.8. The maximum Gasteiger partial charge on any atom is 0.192 e. The van der Waals surface area contributed by atoms with Gasteiger partial charge >= 0.3 is 0 Å². The number of fused-ring (bicyclic) bond motifs is 1. The molecule has 0 heterocycles. The van der Waals surface area contributed by atoms with Crippen LogP contribution in [0.3, 0.4) is 0 Å².